The minimum atomic E-state index is -0.907. The summed E-state index contributed by atoms with van der Waals surface area (Å²) in [6.45, 7) is 0. The Morgan fingerprint density at radius 3 is 2.96 bits per heavy atom. The summed E-state index contributed by atoms with van der Waals surface area (Å²) >= 11 is 5.73. The minimum absolute atomic E-state index is 0.108. The van der Waals surface area contributed by atoms with Crippen LogP contribution in [0.25, 0.3) is 11.4 Å². The average molecular weight is 387 g/mol. The second kappa shape index (κ2) is 6.76. The molecule has 3 aromatic rings. The third-order valence-electron chi connectivity index (χ3n) is 3.97. The fourth-order valence-corrected chi connectivity index (χ4v) is 2.86. The monoisotopic (exact) mass is 386 g/mol. The van der Waals surface area contributed by atoms with Gasteiger partial charge in [-0.3, -0.25) is 19.9 Å². The number of aromatic nitrogens is 4. The highest BCUT2D eigenvalue weighted by Gasteiger charge is 2.33. The van der Waals surface area contributed by atoms with Gasteiger partial charge in [0.1, 0.15) is 11.9 Å². The van der Waals surface area contributed by atoms with E-state index in [1.165, 1.54) is 16.8 Å². The van der Waals surface area contributed by atoms with Gasteiger partial charge in [0.05, 0.1) is 11.4 Å². The first-order valence-electron chi connectivity index (χ1n) is 7.94. The molecule has 0 unspecified atom stereocenters. The number of halogens is 2. The van der Waals surface area contributed by atoms with Gasteiger partial charge in [-0.2, -0.15) is 4.98 Å². The normalized spacial score (nSPS) is 15.8. The Labute approximate surface area is 157 Å². The number of nitrogens with zero attached hydrogens (tertiary/aromatic N) is 4. The zero-order chi connectivity index (χ0) is 19.0. The van der Waals surface area contributed by atoms with Crippen LogP contribution < -0.4 is 10.6 Å². The molecule has 0 radical (unpaired) electrons. The van der Waals surface area contributed by atoms with Gasteiger partial charge in [0.15, 0.2) is 5.82 Å². The zero-order valence-corrected chi connectivity index (χ0v) is 14.4. The Morgan fingerprint density at radius 2 is 2.22 bits per heavy atom. The number of carbonyl (C=O) groups excluding carboxylic acids is 2. The predicted molar refractivity (Wildman–Crippen MR) is 95.6 cm³/mol. The van der Waals surface area contributed by atoms with Crippen LogP contribution in [0.2, 0.25) is 5.02 Å². The molecule has 2 amide bonds. The molecule has 136 valence electrons. The van der Waals surface area contributed by atoms with Gasteiger partial charge in [0.25, 0.3) is 0 Å². The topological polar surface area (TPSA) is 102 Å². The molecule has 1 aliphatic rings. The van der Waals surface area contributed by atoms with Crippen LogP contribution in [0.15, 0.2) is 42.7 Å². The number of rotatable bonds is 3. The molecule has 27 heavy (non-hydrogen) atoms. The third-order valence-corrected chi connectivity index (χ3v) is 4.26. The Morgan fingerprint density at radius 1 is 1.37 bits per heavy atom. The van der Waals surface area contributed by atoms with Gasteiger partial charge in [-0.1, -0.05) is 11.6 Å². The Kier molecular flexibility index (Phi) is 4.28. The second-order valence-electron chi connectivity index (χ2n) is 5.83. The third kappa shape index (κ3) is 3.36. The number of hydrogen-bond acceptors (Lipinski definition) is 5. The fourth-order valence-electron chi connectivity index (χ4n) is 2.68. The number of anilines is 2. The van der Waals surface area contributed by atoms with Crippen LogP contribution in [0.1, 0.15) is 12.5 Å². The molecular weight excluding hydrogens is 375 g/mol. The summed E-state index contributed by atoms with van der Waals surface area (Å²) in [6.07, 6.45) is 3.09. The largest absolute Gasteiger partial charge is 0.324 e. The first-order chi connectivity index (χ1) is 13.0. The van der Waals surface area contributed by atoms with E-state index in [0.717, 1.165) is 6.07 Å². The van der Waals surface area contributed by atoms with Crippen LogP contribution >= 0.6 is 11.6 Å². The molecule has 1 atom stereocenters. The number of pyridine rings is 1. The van der Waals surface area contributed by atoms with Crippen molar-refractivity contribution in [3.8, 4) is 11.4 Å². The molecule has 0 bridgehead atoms. The summed E-state index contributed by atoms with van der Waals surface area (Å²) in [4.78, 5) is 32.9. The molecule has 10 heteroatoms. The van der Waals surface area contributed by atoms with Crippen LogP contribution in [0.5, 0.6) is 0 Å². The maximum atomic E-state index is 13.3. The molecule has 1 aromatic carbocycles. The summed E-state index contributed by atoms with van der Waals surface area (Å²) in [5.41, 5.74) is 0.963. The first-order valence-corrected chi connectivity index (χ1v) is 8.32. The number of nitrogens with one attached hydrogen (secondary N) is 2. The standard InChI is InChI=1S/C17H12ClFN6O2/c18-11-6-10(3-4-12(11)19)21-16(27)13-7-14(26)22-17-23-15(24-25(13)17)9-2-1-5-20-8-9/h1-6,8,13H,7H2,(H,21,27)(H,22,23,24,26)/t13-/m1/s1. The first kappa shape index (κ1) is 17.1. The fraction of sp³-hybridized carbons (Fsp3) is 0.118. The average Bonchev–Trinajstić information content (AvgIpc) is 3.08. The van der Waals surface area contributed by atoms with E-state index in [9.17, 15) is 14.0 Å². The lowest BCUT2D eigenvalue weighted by molar-refractivity contribution is -0.125. The Hall–Kier alpha value is -3.33. The van der Waals surface area contributed by atoms with Crippen molar-refractivity contribution in [2.45, 2.75) is 12.5 Å². The Bertz CT molecular complexity index is 1040. The molecule has 0 fully saturated rings. The summed E-state index contributed by atoms with van der Waals surface area (Å²) in [6, 6.07) is 6.41. The maximum Gasteiger partial charge on any atom is 0.249 e. The van der Waals surface area contributed by atoms with E-state index < -0.39 is 17.8 Å². The van der Waals surface area contributed by atoms with Crippen LogP contribution in [0, 0.1) is 5.82 Å². The molecule has 0 saturated carbocycles. The van der Waals surface area contributed by atoms with Crippen LogP contribution in [0.3, 0.4) is 0 Å². The molecule has 0 spiro atoms. The van der Waals surface area contributed by atoms with Gasteiger partial charge in [-0.05, 0) is 30.3 Å². The molecule has 2 aromatic heterocycles. The van der Waals surface area contributed by atoms with Crippen molar-refractivity contribution in [2.75, 3.05) is 10.6 Å². The smallest absolute Gasteiger partial charge is 0.249 e. The number of hydrogen-bond donors (Lipinski definition) is 2. The molecule has 0 saturated heterocycles. The van der Waals surface area contributed by atoms with Crippen molar-refractivity contribution in [2.24, 2.45) is 0 Å². The Balaban J connectivity index is 1.64. The minimum Gasteiger partial charge on any atom is -0.324 e. The molecule has 2 N–H and O–H groups in total. The van der Waals surface area contributed by atoms with E-state index in [1.807, 2.05) is 0 Å². The summed E-state index contributed by atoms with van der Waals surface area (Å²) in [5, 5.41) is 9.43. The van der Waals surface area contributed by atoms with Gasteiger partial charge in [-0.15, -0.1) is 5.10 Å². The van der Waals surface area contributed by atoms with E-state index in [0.29, 0.717) is 17.1 Å². The van der Waals surface area contributed by atoms with Gasteiger partial charge < -0.3 is 5.32 Å². The van der Waals surface area contributed by atoms with E-state index in [2.05, 4.69) is 25.7 Å². The lowest BCUT2D eigenvalue weighted by atomic mass is 10.1. The highest BCUT2D eigenvalue weighted by Crippen LogP contribution is 2.27. The molecule has 4 rings (SSSR count). The van der Waals surface area contributed by atoms with Crippen molar-refractivity contribution in [3.63, 3.8) is 0 Å². The van der Waals surface area contributed by atoms with E-state index in [1.54, 1.807) is 24.5 Å². The van der Waals surface area contributed by atoms with Crippen LogP contribution in [-0.2, 0) is 9.59 Å². The number of carbonyl (C=O) groups is 2. The van der Waals surface area contributed by atoms with Crippen molar-refractivity contribution in [3.05, 3.63) is 53.6 Å². The molecule has 3 heterocycles. The molecular formula is C17H12ClFN6O2. The summed E-state index contributed by atoms with van der Waals surface area (Å²) in [7, 11) is 0. The molecule has 1 aliphatic heterocycles. The van der Waals surface area contributed by atoms with Crippen molar-refractivity contribution in [1.82, 2.24) is 19.7 Å². The predicted octanol–water partition coefficient (Wildman–Crippen LogP) is 2.65. The van der Waals surface area contributed by atoms with E-state index in [4.69, 9.17) is 11.6 Å². The van der Waals surface area contributed by atoms with Gasteiger partial charge in [0, 0.05) is 23.6 Å². The highest BCUT2D eigenvalue weighted by molar-refractivity contribution is 6.31. The van der Waals surface area contributed by atoms with Gasteiger partial charge in [0.2, 0.25) is 17.8 Å². The lowest BCUT2D eigenvalue weighted by Gasteiger charge is -2.22. The number of amides is 2. The summed E-state index contributed by atoms with van der Waals surface area (Å²) in [5.74, 6) is -0.932. The number of benzene rings is 1. The van der Waals surface area contributed by atoms with E-state index in [-0.39, 0.29) is 23.3 Å². The zero-order valence-electron chi connectivity index (χ0n) is 13.7. The quantitative estimate of drug-likeness (QED) is 0.720. The molecule has 0 aliphatic carbocycles. The number of fused-ring (bicyclic) bond motifs is 1. The van der Waals surface area contributed by atoms with Crippen LogP contribution in [0.4, 0.5) is 16.0 Å². The highest BCUT2D eigenvalue weighted by atomic mass is 35.5. The van der Waals surface area contributed by atoms with Crippen molar-refractivity contribution >= 4 is 35.1 Å². The summed E-state index contributed by atoms with van der Waals surface area (Å²) < 4.78 is 14.6. The maximum absolute atomic E-state index is 13.3. The van der Waals surface area contributed by atoms with Gasteiger partial charge >= 0.3 is 0 Å². The van der Waals surface area contributed by atoms with Crippen molar-refractivity contribution in [1.29, 1.82) is 0 Å². The SMILES string of the molecule is O=C1C[C@H](C(=O)Nc2ccc(F)c(Cl)c2)n2nc(-c3cccnc3)nc2N1. The van der Waals surface area contributed by atoms with Crippen LogP contribution in [-0.4, -0.2) is 31.6 Å². The van der Waals surface area contributed by atoms with Gasteiger partial charge in [-0.25, -0.2) is 9.07 Å². The lowest BCUT2D eigenvalue weighted by Crippen LogP contribution is -2.36. The molecule has 8 nitrogen and oxygen atoms in total. The van der Waals surface area contributed by atoms with E-state index >= 15 is 0 Å². The van der Waals surface area contributed by atoms with Crippen molar-refractivity contribution < 1.29 is 14.0 Å². The second-order valence-corrected chi connectivity index (χ2v) is 6.24.